The molecule has 11 heteroatoms. The number of nitrogens with one attached hydrogen (secondary N) is 2. The molecular formula is C25H35N5O6. The van der Waals surface area contributed by atoms with Crippen molar-refractivity contribution in [3.63, 3.8) is 0 Å². The molecule has 3 N–H and O–H groups in total. The Kier molecular flexibility index (Phi) is 8.29. The van der Waals surface area contributed by atoms with E-state index in [4.69, 9.17) is 4.74 Å². The number of nitrogens with zero attached hydrogens (tertiary/aromatic N) is 3. The largest absolute Gasteiger partial charge is 0.446 e. The van der Waals surface area contributed by atoms with Gasteiger partial charge < -0.3 is 24.8 Å². The second kappa shape index (κ2) is 11.6. The van der Waals surface area contributed by atoms with Crippen molar-refractivity contribution in [3.05, 3.63) is 30.3 Å². The van der Waals surface area contributed by atoms with E-state index in [-0.39, 0.29) is 24.3 Å². The Balaban J connectivity index is 1.32. The highest BCUT2D eigenvalue weighted by atomic mass is 16.6. The highest BCUT2D eigenvalue weighted by molar-refractivity contribution is 5.87. The standard InChI is InChI=1S/C25H35N5O6/c1-17(31)26-18-9-10-30(16-18)25(34)36-20-7-8-21(22(15-20)23(32)27-35)24(33)29-13-11-28(12-14-29)19-5-3-2-4-6-19/h2-6,18,20-22,35H,7-16H2,1H3,(H,26,31)(H,27,32)/t18-,20-,21+,22+/m1/s1. The van der Waals surface area contributed by atoms with E-state index in [1.807, 2.05) is 30.3 Å². The van der Waals surface area contributed by atoms with Crippen LogP contribution in [0.5, 0.6) is 0 Å². The van der Waals surface area contributed by atoms with E-state index in [1.165, 1.54) is 6.92 Å². The number of benzene rings is 1. The summed E-state index contributed by atoms with van der Waals surface area (Å²) in [4.78, 5) is 55.4. The first-order valence-electron chi connectivity index (χ1n) is 12.6. The highest BCUT2D eigenvalue weighted by Gasteiger charge is 2.43. The van der Waals surface area contributed by atoms with E-state index in [0.717, 1.165) is 5.69 Å². The lowest BCUT2D eigenvalue weighted by Gasteiger charge is -2.40. The molecule has 1 aliphatic carbocycles. The van der Waals surface area contributed by atoms with Crippen LogP contribution in [0.4, 0.5) is 10.5 Å². The molecule has 1 saturated carbocycles. The number of rotatable bonds is 5. The summed E-state index contributed by atoms with van der Waals surface area (Å²) in [5, 5.41) is 12.1. The van der Waals surface area contributed by atoms with Crippen LogP contribution in [-0.2, 0) is 19.1 Å². The zero-order chi connectivity index (χ0) is 25.7. The SMILES string of the molecule is CC(=O)N[C@@H]1CCN(C(=O)O[C@@H]2CC[C@H](C(=O)N3CCN(c4ccccc4)CC3)[C@@H](C(=O)NO)C2)C1. The number of hydrogen-bond donors (Lipinski definition) is 3. The maximum Gasteiger partial charge on any atom is 0.410 e. The minimum absolute atomic E-state index is 0.0984. The Morgan fingerprint density at radius 1 is 0.917 bits per heavy atom. The van der Waals surface area contributed by atoms with Gasteiger partial charge >= 0.3 is 6.09 Å². The van der Waals surface area contributed by atoms with Gasteiger partial charge in [-0.3, -0.25) is 19.6 Å². The van der Waals surface area contributed by atoms with Crippen LogP contribution < -0.4 is 15.7 Å². The maximum atomic E-state index is 13.4. The van der Waals surface area contributed by atoms with Gasteiger partial charge in [-0.05, 0) is 37.8 Å². The molecule has 2 heterocycles. The lowest BCUT2D eigenvalue weighted by Crippen LogP contribution is -2.53. The number of ether oxygens (including phenoxy) is 1. The molecule has 36 heavy (non-hydrogen) atoms. The number of anilines is 1. The molecule has 1 aromatic rings. The molecule has 1 aromatic carbocycles. The fourth-order valence-corrected chi connectivity index (χ4v) is 5.51. The van der Waals surface area contributed by atoms with Gasteiger partial charge in [0, 0.05) is 57.9 Å². The van der Waals surface area contributed by atoms with Gasteiger partial charge in [0.2, 0.25) is 17.7 Å². The molecule has 3 fully saturated rings. The van der Waals surface area contributed by atoms with E-state index in [0.29, 0.717) is 58.5 Å². The number of hydrogen-bond acceptors (Lipinski definition) is 7. The van der Waals surface area contributed by atoms with Gasteiger partial charge in [-0.15, -0.1) is 0 Å². The normalized spacial score (nSPS) is 26.3. The molecule has 0 bridgehead atoms. The van der Waals surface area contributed by atoms with Crippen LogP contribution in [0.2, 0.25) is 0 Å². The zero-order valence-electron chi connectivity index (χ0n) is 20.6. The molecule has 2 saturated heterocycles. The van der Waals surface area contributed by atoms with Gasteiger partial charge in [-0.25, -0.2) is 10.3 Å². The number of para-hydroxylation sites is 1. The monoisotopic (exact) mass is 501 g/mol. The predicted molar refractivity (Wildman–Crippen MR) is 130 cm³/mol. The van der Waals surface area contributed by atoms with E-state index in [1.54, 1.807) is 15.3 Å². The smallest absolute Gasteiger partial charge is 0.410 e. The van der Waals surface area contributed by atoms with Gasteiger partial charge in [0.25, 0.3) is 0 Å². The quantitative estimate of drug-likeness (QED) is 0.405. The van der Waals surface area contributed by atoms with Crippen molar-refractivity contribution in [1.82, 2.24) is 20.6 Å². The minimum atomic E-state index is -0.785. The molecule has 0 spiro atoms. The Labute approximate surface area is 210 Å². The first-order chi connectivity index (χ1) is 17.4. The fraction of sp³-hybridized carbons (Fsp3) is 0.600. The lowest BCUT2D eigenvalue weighted by atomic mass is 9.76. The molecular weight excluding hydrogens is 466 g/mol. The summed E-state index contributed by atoms with van der Waals surface area (Å²) >= 11 is 0. The number of amides is 4. The second-order valence-corrected chi connectivity index (χ2v) is 9.79. The third-order valence-corrected chi connectivity index (χ3v) is 7.40. The van der Waals surface area contributed by atoms with Crippen LogP contribution in [0.3, 0.4) is 0 Å². The summed E-state index contributed by atoms with van der Waals surface area (Å²) in [6.07, 6.45) is 0.660. The zero-order valence-corrected chi connectivity index (χ0v) is 20.6. The Morgan fingerprint density at radius 2 is 1.64 bits per heavy atom. The summed E-state index contributed by atoms with van der Waals surface area (Å²) in [6.45, 7) is 4.82. The first kappa shape index (κ1) is 25.7. The van der Waals surface area contributed by atoms with Gasteiger partial charge in [0.05, 0.1) is 11.8 Å². The lowest BCUT2D eigenvalue weighted by molar-refractivity contribution is -0.149. The fourth-order valence-electron chi connectivity index (χ4n) is 5.51. The molecule has 4 atom stereocenters. The molecule has 4 amide bonds. The van der Waals surface area contributed by atoms with E-state index >= 15 is 0 Å². The van der Waals surface area contributed by atoms with Crippen LogP contribution >= 0.6 is 0 Å². The van der Waals surface area contributed by atoms with Gasteiger partial charge in [-0.1, -0.05) is 18.2 Å². The number of piperazine rings is 1. The second-order valence-electron chi connectivity index (χ2n) is 9.79. The van der Waals surface area contributed by atoms with Crippen LogP contribution in [0, 0.1) is 11.8 Å². The molecule has 3 aliphatic rings. The van der Waals surface area contributed by atoms with Crippen molar-refractivity contribution in [1.29, 1.82) is 0 Å². The minimum Gasteiger partial charge on any atom is -0.446 e. The number of likely N-dealkylation sites (tertiary alicyclic amines) is 1. The Morgan fingerprint density at radius 3 is 2.31 bits per heavy atom. The highest BCUT2D eigenvalue weighted by Crippen LogP contribution is 2.34. The van der Waals surface area contributed by atoms with E-state index in [9.17, 15) is 24.4 Å². The van der Waals surface area contributed by atoms with Crippen LogP contribution in [-0.4, -0.2) is 90.2 Å². The molecule has 4 rings (SSSR count). The summed E-state index contributed by atoms with van der Waals surface area (Å²) in [5.74, 6) is -2.24. The Bertz CT molecular complexity index is 952. The predicted octanol–water partition coefficient (Wildman–Crippen LogP) is 0.973. The molecule has 0 radical (unpaired) electrons. The number of carbonyl (C=O) groups excluding carboxylic acids is 4. The summed E-state index contributed by atoms with van der Waals surface area (Å²) in [6, 6.07) is 9.94. The van der Waals surface area contributed by atoms with Crippen molar-refractivity contribution in [3.8, 4) is 0 Å². The maximum absolute atomic E-state index is 13.4. The van der Waals surface area contributed by atoms with Crippen molar-refractivity contribution >= 4 is 29.5 Å². The van der Waals surface area contributed by atoms with E-state index < -0.39 is 29.9 Å². The number of hydroxylamine groups is 1. The average Bonchev–Trinajstić information content (AvgIpc) is 3.36. The number of carbonyl (C=O) groups is 4. The summed E-state index contributed by atoms with van der Waals surface area (Å²) in [7, 11) is 0. The molecule has 0 unspecified atom stereocenters. The van der Waals surface area contributed by atoms with Crippen LogP contribution in [0.15, 0.2) is 30.3 Å². The van der Waals surface area contributed by atoms with Crippen LogP contribution in [0.25, 0.3) is 0 Å². The van der Waals surface area contributed by atoms with Crippen LogP contribution in [0.1, 0.15) is 32.6 Å². The Hall–Kier alpha value is -3.34. The average molecular weight is 502 g/mol. The van der Waals surface area contributed by atoms with Gasteiger partial charge in [0.1, 0.15) is 6.10 Å². The van der Waals surface area contributed by atoms with Crippen molar-refractivity contribution in [2.24, 2.45) is 11.8 Å². The molecule has 0 aromatic heterocycles. The molecule has 11 nitrogen and oxygen atoms in total. The summed E-state index contributed by atoms with van der Waals surface area (Å²) < 4.78 is 5.67. The van der Waals surface area contributed by atoms with Gasteiger partial charge in [-0.2, -0.15) is 0 Å². The van der Waals surface area contributed by atoms with Crippen molar-refractivity contribution < 1.29 is 29.1 Å². The third-order valence-electron chi connectivity index (χ3n) is 7.40. The third kappa shape index (κ3) is 6.07. The molecule has 2 aliphatic heterocycles. The molecule has 196 valence electrons. The van der Waals surface area contributed by atoms with Crippen molar-refractivity contribution in [2.45, 2.75) is 44.8 Å². The van der Waals surface area contributed by atoms with E-state index in [2.05, 4.69) is 10.2 Å². The van der Waals surface area contributed by atoms with Crippen molar-refractivity contribution in [2.75, 3.05) is 44.2 Å². The first-order valence-corrected chi connectivity index (χ1v) is 12.6. The van der Waals surface area contributed by atoms with Gasteiger partial charge in [0.15, 0.2) is 0 Å². The topological polar surface area (TPSA) is 132 Å². The summed E-state index contributed by atoms with van der Waals surface area (Å²) in [5.41, 5.74) is 2.81.